The molecule has 1 aromatic heterocycles. The number of carbonyl (C=O) groups excluding carboxylic acids is 2. The van der Waals surface area contributed by atoms with Crippen LogP contribution in [0.15, 0.2) is 54.9 Å². The van der Waals surface area contributed by atoms with Crippen molar-refractivity contribution in [2.45, 2.75) is 38.6 Å². The molecule has 2 N–H and O–H groups in total. The Kier molecular flexibility index (Phi) is 8.33. The van der Waals surface area contributed by atoms with E-state index in [2.05, 4.69) is 15.6 Å². The van der Waals surface area contributed by atoms with Crippen LogP contribution in [0.25, 0.3) is 0 Å². The Morgan fingerprint density at radius 1 is 1.11 bits per heavy atom. The molecule has 0 aliphatic heterocycles. The van der Waals surface area contributed by atoms with Crippen LogP contribution in [0.5, 0.6) is 0 Å². The number of nitrogens with zero attached hydrogens (tertiary/aromatic N) is 1. The monoisotopic (exact) mass is 385 g/mol. The van der Waals surface area contributed by atoms with Gasteiger partial charge in [0.25, 0.3) is 0 Å². The third kappa shape index (κ3) is 7.43. The van der Waals surface area contributed by atoms with Crippen molar-refractivity contribution in [2.24, 2.45) is 0 Å². The molecule has 2 amide bonds. The lowest BCUT2D eigenvalue weighted by molar-refractivity contribution is -0.109. The molecule has 1 unspecified atom stereocenters. The van der Waals surface area contributed by atoms with Crippen LogP contribution in [0, 0.1) is 0 Å². The second-order valence-corrected chi connectivity index (χ2v) is 7.90. The predicted octanol–water partition coefficient (Wildman–Crippen LogP) is 3.90. The van der Waals surface area contributed by atoms with Gasteiger partial charge in [-0.2, -0.15) is 0 Å². The first-order chi connectivity index (χ1) is 13.0. The molecule has 0 bridgehead atoms. The zero-order chi connectivity index (χ0) is 19.5. The van der Waals surface area contributed by atoms with Crippen LogP contribution in [-0.2, 0) is 16.8 Å². The van der Waals surface area contributed by atoms with Gasteiger partial charge < -0.3 is 10.6 Å². The van der Waals surface area contributed by atoms with Gasteiger partial charge in [-0.1, -0.05) is 42.1 Å². The van der Waals surface area contributed by atoms with E-state index < -0.39 is 5.54 Å². The SMILES string of the molecule is CC(=O)SCCC(C)(NC(=O)NCCCc1ccncc1)c1ccccc1. The van der Waals surface area contributed by atoms with Gasteiger partial charge in [0.1, 0.15) is 0 Å². The van der Waals surface area contributed by atoms with Crippen molar-refractivity contribution in [1.82, 2.24) is 15.6 Å². The molecule has 2 rings (SSSR count). The van der Waals surface area contributed by atoms with Crippen LogP contribution >= 0.6 is 11.8 Å². The standard InChI is InChI=1S/C21H27N3O2S/c1-17(25)27-16-12-21(2,19-8-4-3-5-9-19)24-20(26)23-13-6-7-18-10-14-22-15-11-18/h3-5,8-11,14-15H,6-7,12-13,16H2,1-2H3,(H2,23,24,26). The summed E-state index contributed by atoms with van der Waals surface area (Å²) >= 11 is 1.28. The van der Waals surface area contributed by atoms with Gasteiger partial charge in [0, 0.05) is 31.6 Å². The minimum Gasteiger partial charge on any atom is -0.338 e. The van der Waals surface area contributed by atoms with Gasteiger partial charge in [-0.15, -0.1) is 0 Å². The van der Waals surface area contributed by atoms with Crippen molar-refractivity contribution in [3.05, 3.63) is 66.0 Å². The highest BCUT2D eigenvalue weighted by atomic mass is 32.2. The van der Waals surface area contributed by atoms with Crippen LogP contribution < -0.4 is 10.6 Å². The first-order valence-electron chi connectivity index (χ1n) is 9.13. The molecule has 0 radical (unpaired) electrons. The number of aromatic nitrogens is 1. The fraction of sp³-hybridized carbons (Fsp3) is 0.381. The van der Waals surface area contributed by atoms with E-state index in [1.165, 1.54) is 17.3 Å². The molecule has 1 aromatic carbocycles. The first-order valence-corrected chi connectivity index (χ1v) is 10.1. The minimum absolute atomic E-state index is 0.0889. The van der Waals surface area contributed by atoms with E-state index in [-0.39, 0.29) is 11.1 Å². The van der Waals surface area contributed by atoms with Crippen molar-refractivity contribution in [1.29, 1.82) is 0 Å². The summed E-state index contributed by atoms with van der Waals surface area (Å²) in [6, 6.07) is 13.7. The Morgan fingerprint density at radius 2 is 1.81 bits per heavy atom. The summed E-state index contributed by atoms with van der Waals surface area (Å²) in [6.45, 7) is 4.16. The van der Waals surface area contributed by atoms with E-state index in [1.807, 2.05) is 49.4 Å². The largest absolute Gasteiger partial charge is 0.338 e. The molecule has 144 valence electrons. The minimum atomic E-state index is -0.529. The van der Waals surface area contributed by atoms with E-state index in [1.54, 1.807) is 19.3 Å². The number of nitrogens with one attached hydrogen (secondary N) is 2. The van der Waals surface area contributed by atoms with E-state index in [0.29, 0.717) is 18.7 Å². The summed E-state index contributed by atoms with van der Waals surface area (Å²) < 4.78 is 0. The number of benzene rings is 1. The number of hydrogen-bond donors (Lipinski definition) is 2. The molecule has 0 aliphatic carbocycles. The average Bonchev–Trinajstić information content (AvgIpc) is 2.66. The van der Waals surface area contributed by atoms with Crippen molar-refractivity contribution in [2.75, 3.05) is 12.3 Å². The molecular weight excluding hydrogens is 358 g/mol. The molecule has 1 heterocycles. The summed E-state index contributed by atoms with van der Waals surface area (Å²) in [7, 11) is 0. The Morgan fingerprint density at radius 3 is 2.48 bits per heavy atom. The lowest BCUT2D eigenvalue weighted by Gasteiger charge is -2.31. The van der Waals surface area contributed by atoms with E-state index in [0.717, 1.165) is 18.4 Å². The van der Waals surface area contributed by atoms with Gasteiger partial charge in [0.2, 0.25) is 0 Å². The number of carbonyl (C=O) groups is 2. The number of urea groups is 1. The molecule has 6 heteroatoms. The third-order valence-corrected chi connectivity index (χ3v) is 5.20. The number of rotatable bonds is 9. The quantitative estimate of drug-likeness (QED) is 0.642. The van der Waals surface area contributed by atoms with Crippen molar-refractivity contribution >= 4 is 22.9 Å². The van der Waals surface area contributed by atoms with Crippen LogP contribution in [0.4, 0.5) is 4.79 Å². The summed E-state index contributed by atoms with van der Waals surface area (Å²) in [4.78, 5) is 27.7. The van der Waals surface area contributed by atoms with Crippen LogP contribution in [0.1, 0.15) is 37.8 Å². The Bertz CT molecular complexity index is 725. The highest BCUT2D eigenvalue weighted by Crippen LogP contribution is 2.26. The van der Waals surface area contributed by atoms with Crippen molar-refractivity contribution in [3.63, 3.8) is 0 Å². The number of pyridine rings is 1. The molecule has 5 nitrogen and oxygen atoms in total. The molecule has 2 aromatic rings. The lowest BCUT2D eigenvalue weighted by Crippen LogP contribution is -2.48. The maximum absolute atomic E-state index is 12.4. The summed E-state index contributed by atoms with van der Waals surface area (Å²) in [5.74, 6) is 0.656. The van der Waals surface area contributed by atoms with E-state index >= 15 is 0 Å². The normalized spacial score (nSPS) is 12.8. The molecule has 1 atom stereocenters. The molecule has 0 saturated heterocycles. The Labute approximate surface area is 165 Å². The maximum Gasteiger partial charge on any atom is 0.315 e. The van der Waals surface area contributed by atoms with E-state index in [9.17, 15) is 9.59 Å². The summed E-state index contributed by atoms with van der Waals surface area (Å²) in [5, 5.41) is 6.12. The highest BCUT2D eigenvalue weighted by Gasteiger charge is 2.28. The summed E-state index contributed by atoms with van der Waals surface area (Å²) in [6.07, 6.45) is 5.99. The zero-order valence-electron chi connectivity index (χ0n) is 15.9. The molecule has 0 saturated carbocycles. The topological polar surface area (TPSA) is 71.1 Å². The predicted molar refractivity (Wildman–Crippen MR) is 111 cm³/mol. The second kappa shape index (κ2) is 10.7. The second-order valence-electron chi connectivity index (χ2n) is 6.63. The smallest absolute Gasteiger partial charge is 0.315 e. The van der Waals surface area contributed by atoms with Crippen LogP contribution in [0.3, 0.4) is 0 Å². The van der Waals surface area contributed by atoms with Crippen molar-refractivity contribution < 1.29 is 9.59 Å². The molecule has 0 aliphatic rings. The lowest BCUT2D eigenvalue weighted by atomic mass is 9.89. The molecule has 0 fully saturated rings. The molecule has 0 spiro atoms. The van der Waals surface area contributed by atoms with Gasteiger partial charge in [-0.05, 0) is 49.4 Å². The molecular formula is C21H27N3O2S. The number of aryl methyl sites for hydroxylation is 1. The number of hydrogen-bond acceptors (Lipinski definition) is 4. The number of thioether (sulfide) groups is 1. The first kappa shape index (κ1) is 21.0. The molecule has 27 heavy (non-hydrogen) atoms. The fourth-order valence-corrected chi connectivity index (χ4v) is 3.62. The van der Waals surface area contributed by atoms with E-state index in [4.69, 9.17) is 0 Å². The van der Waals surface area contributed by atoms with Gasteiger partial charge in [-0.25, -0.2) is 4.79 Å². The Balaban J connectivity index is 1.87. The van der Waals surface area contributed by atoms with Gasteiger partial charge in [0.15, 0.2) is 5.12 Å². The van der Waals surface area contributed by atoms with Crippen LogP contribution in [-0.4, -0.2) is 28.4 Å². The average molecular weight is 386 g/mol. The van der Waals surface area contributed by atoms with Crippen LogP contribution in [0.2, 0.25) is 0 Å². The highest BCUT2D eigenvalue weighted by molar-refractivity contribution is 8.13. The maximum atomic E-state index is 12.4. The summed E-state index contributed by atoms with van der Waals surface area (Å²) in [5.41, 5.74) is 1.71. The van der Waals surface area contributed by atoms with Gasteiger partial charge >= 0.3 is 6.03 Å². The number of amides is 2. The van der Waals surface area contributed by atoms with Gasteiger partial charge in [-0.3, -0.25) is 9.78 Å². The third-order valence-electron chi connectivity index (χ3n) is 4.38. The fourth-order valence-electron chi connectivity index (χ4n) is 2.82. The Hall–Kier alpha value is -2.34. The van der Waals surface area contributed by atoms with Crippen molar-refractivity contribution in [3.8, 4) is 0 Å². The zero-order valence-corrected chi connectivity index (χ0v) is 16.7. The van der Waals surface area contributed by atoms with Gasteiger partial charge in [0.05, 0.1) is 5.54 Å².